The minimum absolute atomic E-state index is 0.153. The smallest absolute Gasteiger partial charge is 0.375 e. The minimum atomic E-state index is -0.721. The van der Waals surface area contributed by atoms with Crippen LogP contribution in [0.5, 0.6) is 5.75 Å². The Morgan fingerprint density at radius 3 is 2.31 bits per heavy atom. The highest BCUT2D eigenvalue weighted by molar-refractivity contribution is 6.10. The molecular formula is C37H41N3O5. The van der Waals surface area contributed by atoms with Crippen molar-refractivity contribution in [1.82, 2.24) is 0 Å². The maximum Gasteiger partial charge on any atom is 0.375 e. The van der Waals surface area contributed by atoms with Crippen LogP contribution in [-0.4, -0.2) is 30.6 Å². The van der Waals surface area contributed by atoms with E-state index in [2.05, 4.69) is 10.2 Å². The second kappa shape index (κ2) is 14.4. The van der Waals surface area contributed by atoms with Crippen LogP contribution in [0.2, 0.25) is 0 Å². The molecule has 1 aliphatic heterocycles. The third-order valence-corrected chi connectivity index (χ3v) is 7.57. The van der Waals surface area contributed by atoms with Gasteiger partial charge in [-0.3, -0.25) is 9.68 Å². The first kappa shape index (κ1) is 31.8. The largest absolute Gasteiger partial charge is 0.488 e. The fourth-order valence-electron chi connectivity index (χ4n) is 5.28. The molecule has 8 heteroatoms. The van der Waals surface area contributed by atoms with Gasteiger partial charge in [-0.25, -0.2) is 4.79 Å². The summed E-state index contributed by atoms with van der Waals surface area (Å²) in [4.78, 5) is 40.2. The van der Waals surface area contributed by atoms with E-state index in [-0.39, 0.29) is 11.3 Å². The van der Waals surface area contributed by atoms with E-state index in [9.17, 15) is 9.59 Å². The monoisotopic (exact) mass is 607 g/mol. The maximum absolute atomic E-state index is 14.1. The van der Waals surface area contributed by atoms with Crippen LogP contribution in [0.3, 0.4) is 0 Å². The highest BCUT2D eigenvalue weighted by Gasteiger charge is 2.23. The lowest BCUT2D eigenvalue weighted by atomic mass is 9.97. The molecule has 1 heterocycles. The van der Waals surface area contributed by atoms with E-state index in [4.69, 9.17) is 20.2 Å². The van der Waals surface area contributed by atoms with E-state index in [1.165, 1.54) is 6.42 Å². The Balaban J connectivity index is 1.51. The van der Waals surface area contributed by atoms with E-state index in [1.54, 1.807) is 32.9 Å². The Hall–Kier alpha value is -4.66. The van der Waals surface area contributed by atoms with Crippen molar-refractivity contribution in [2.75, 3.05) is 23.3 Å². The topological polar surface area (TPSA) is 103 Å². The molecule has 5 rings (SSSR count). The van der Waals surface area contributed by atoms with Gasteiger partial charge in [-0.15, -0.1) is 0 Å². The molecule has 8 nitrogen and oxygen atoms in total. The molecule has 1 aliphatic rings. The molecule has 1 amide bonds. The summed E-state index contributed by atoms with van der Waals surface area (Å²) in [6.45, 7) is 7.84. The van der Waals surface area contributed by atoms with Gasteiger partial charge in [-0.1, -0.05) is 60.7 Å². The first-order valence-electron chi connectivity index (χ1n) is 15.4. The summed E-state index contributed by atoms with van der Waals surface area (Å²) in [5, 5.41) is 3.00. The number of nitrogens with zero attached hydrogens (tertiary/aromatic N) is 1. The van der Waals surface area contributed by atoms with Crippen molar-refractivity contribution in [2.24, 2.45) is 5.73 Å². The number of nitrogens with one attached hydrogen (secondary N) is 1. The molecule has 4 aromatic rings. The molecule has 1 saturated heterocycles. The molecule has 0 atom stereocenters. The van der Waals surface area contributed by atoms with Crippen LogP contribution in [0.15, 0.2) is 91.0 Å². The first-order valence-corrected chi connectivity index (χ1v) is 15.4. The number of benzene rings is 4. The Kier molecular flexibility index (Phi) is 10.2. The standard InChI is InChI=1S/C37H41N3O5/c1-37(2,3)45-44-36(42)31-18-16-27(30-15-9-8-14-28(30)24-38)22-33(31)39-35(41)32-23-29(40-20-10-5-11-21-40)17-19-34(32)43-25-26-12-6-4-7-13-26/h4,6-9,12-19,22-23H,5,10-11,20-21,24-25,38H2,1-3H3,(H,39,41). The molecule has 0 unspecified atom stereocenters. The predicted octanol–water partition coefficient (Wildman–Crippen LogP) is 7.52. The van der Waals surface area contributed by atoms with Crippen molar-refractivity contribution in [3.63, 3.8) is 0 Å². The molecular weight excluding hydrogens is 566 g/mol. The van der Waals surface area contributed by atoms with Crippen molar-refractivity contribution in [2.45, 2.75) is 58.8 Å². The molecule has 0 aromatic heterocycles. The lowest BCUT2D eigenvalue weighted by molar-refractivity contribution is -0.301. The van der Waals surface area contributed by atoms with Gasteiger partial charge in [-0.05, 0) is 92.6 Å². The van der Waals surface area contributed by atoms with Gasteiger partial charge in [0, 0.05) is 25.3 Å². The van der Waals surface area contributed by atoms with E-state index in [0.717, 1.165) is 53.9 Å². The van der Waals surface area contributed by atoms with Crippen molar-refractivity contribution in [1.29, 1.82) is 0 Å². The summed E-state index contributed by atoms with van der Waals surface area (Å²) in [5.41, 5.74) is 10.7. The normalized spacial score (nSPS) is 13.3. The number of anilines is 2. The second-order valence-electron chi connectivity index (χ2n) is 12.1. The summed E-state index contributed by atoms with van der Waals surface area (Å²) < 4.78 is 6.20. The van der Waals surface area contributed by atoms with E-state index < -0.39 is 17.5 Å². The van der Waals surface area contributed by atoms with Crippen molar-refractivity contribution in [3.05, 3.63) is 113 Å². The molecule has 3 N–H and O–H groups in total. The summed E-state index contributed by atoms with van der Waals surface area (Å²) in [6.07, 6.45) is 3.41. The number of hydrogen-bond donors (Lipinski definition) is 2. The number of rotatable bonds is 10. The predicted molar refractivity (Wildman–Crippen MR) is 177 cm³/mol. The SMILES string of the molecule is CC(C)(C)OOC(=O)c1ccc(-c2ccccc2CN)cc1NC(=O)c1cc(N2CCCCC2)ccc1OCc1ccccc1. The van der Waals surface area contributed by atoms with Crippen LogP contribution >= 0.6 is 0 Å². The van der Waals surface area contributed by atoms with Gasteiger partial charge in [0.15, 0.2) is 0 Å². The van der Waals surface area contributed by atoms with Crippen LogP contribution in [0.1, 0.15) is 71.9 Å². The summed E-state index contributed by atoms with van der Waals surface area (Å²) in [5.74, 6) is -0.685. The van der Waals surface area contributed by atoms with Crippen LogP contribution in [0.4, 0.5) is 11.4 Å². The van der Waals surface area contributed by atoms with Gasteiger partial charge in [0.2, 0.25) is 0 Å². The number of hydrogen-bond acceptors (Lipinski definition) is 7. The third-order valence-electron chi connectivity index (χ3n) is 7.57. The lowest BCUT2D eigenvalue weighted by Gasteiger charge is -2.29. The maximum atomic E-state index is 14.1. The zero-order valence-electron chi connectivity index (χ0n) is 26.2. The van der Waals surface area contributed by atoms with Gasteiger partial charge >= 0.3 is 5.97 Å². The van der Waals surface area contributed by atoms with Gasteiger partial charge in [-0.2, -0.15) is 4.89 Å². The summed E-state index contributed by atoms with van der Waals surface area (Å²) in [6, 6.07) is 28.5. The van der Waals surface area contributed by atoms with Crippen molar-refractivity contribution < 1.29 is 24.1 Å². The Morgan fingerprint density at radius 2 is 1.58 bits per heavy atom. The summed E-state index contributed by atoms with van der Waals surface area (Å²) in [7, 11) is 0. The van der Waals surface area contributed by atoms with Crippen molar-refractivity contribution >= 4 is 23.3 Å². The molecule has 234 valence electrons. The minimum Gasteiger partial charge on any atom is -0.488 e. The highest BCUT2D eigenvalue weighted by Crippen LogP contribution is 2.32. The molecule has 0 aliphatic carbocycles. The number of nitrogens with two attached hydrogens (primary N) is 1. The van der Waals surface area contributed by atoms with Gasteiger partial charge in [0.1, 0.15) is 18.0 Å². The molecule has 0 radical (unpaired) electrons. The van der Waals surface area contributed by atoms with Gasteiger partial charge < -0.3 is 20.7 Å². The zero-order chi connectivity index (χ0) is 31.8. The number of carbonyl (C=O) groups is 2. The average Bonchev–Trinajstić information content (AvgIpc) is 3.06. The Labute approximate surface area is 265 Å². The number of carbonyl (C=O) groups excluding carboxylic acids is 2. The molecule has 4 aromatic carbocycles. The second-order valence-corrected chi connectivity index (χ2v) is 12.1. The van der Waals surface area contributed by atoms with E-state index >= 15 is 0 Å². The van der Waals surface area contributed by atoms with E-state index in [1.807, 2.05) is 78.9 Å². The lowest BCUT2D eigenvalue weighted by Crippen LogP contribution is -2.29. The van der Waals surface area contributed by atoms with Gasteiger partial charge in [0.05, 0.1) is 16.8 Å². The quantitative estimate of drug-likeness (QED) is 0.142. The fourth-order valence-corrected chi connectivity index (χ4v) is 5.28. The first-order chi connectivity index (χ1) is 21.7. The summed E-state index contributed by atoms with van der Waals surface area (Å²) >= 11 is 0. The van der Waals surface area contributed by atoms with Crippen molar-refractivity contribution in [3.8, 4) is 16.9 Å². The van der Waals surface area contributed by atoms with Crippen LogP contribution < -0.4 is 20.7 Å². The molecule has 1 fully saturated rings. The Morgan fingerprint density at radius 1 is 0.844 bits per heavy atom. The zero-order valence-corrected chi connectivity index (χ0v) is 26.2. The molecule has 0 bridgehead atoms. The fraction of sp³-hybridized carbons (Fsp3) is 0.297. The molecule has 45 heavy (non-hydrogen) atoms. The molecule has 0 spiro atoms. The number of amides is 1. The average molecular weight is 608 g/mol. The van der Waals surface area contributed by atoms with Crippen LogP contribution in [0, 0.1) is 0 Å². The number of ether oxygens (including phenoxy) is 1. The molecule has 0 saturated carbocycles. The van der Waals surface area contributed by atoms with Gasteiger partial charge in [0.25, 0.3) is 5.91 Å². The van der Waals surface area contributed by atoms with Crippen LogP contribution in [0.25, 0.3) is 11.1 Å². The van der Waals surface area contributed by atoms with Crippen LogP contribution in [-0.2, 0) is 22.9 Å². The third kappa shape index (κ3) is 8.29. The number of piperidine rings is 1. The highest BCUT2D eigenvalue weighted by atomic mass is 17.2. The van der Waals surface area contributed by atoms with E-state index in [0.29, 0.717) is 24.5 Å². The Bertz CT molecular complexity index is 1630.